The Morgan fingerprint density at radius 2 is 2.00 bits per heavy atom. The van der Waals surface area contributed by atoms with Gasteiger partial charge in [-0.05, 0) is 36.3 Å². The van der Waals surface area contributed by atoms with Crippen LogP contribution in [0.15, 0.2) is 24.3 Å². The summed E-state index contributed by atoms with van der Waals surface area (Å²) in [6.07, 6.45) is 3.50. The quantitative estimate of drug-likeness (QED) is 0.834. The molecule has 1 atom stereocenters. The van der Waals surface area contributed by atoms with Crippen LogP contribution in [0.5, 0.6) is 0 Å². The van der Waals surface area contributed by atoms with Gasteiger partial charge in [-0.25, -0.2) is 0 Å². The SMILES string of the molecule is OC(CN1CCc2ccccc2C1)C1CC1. The molecule has 1 fully saturated rings. The van der Waals surface area contributed by atoms with Gasteiger partial charge in [0.2, 0.25) is 0 Å². The van der Waals surface area contributed by atoms with Crippen LogP contribution in [0.3, 0.4) is 0 Å². The monoisotopic (exact) mass is 217 g/mol. The fourth-order valence-corrected chi connectivity index (χ4v) is 2.60. The first kappa shape index (κ1) is 10.3. The average molecular weight is 217 g/mol. The van der Waals surface area contributed by atoms with Crippen LogP contribution in [0.4, 0.5) is 0 Å². The van der Waals surface area contributed by atoms with Crippen LogP contribution in [0.25, 0.3) is 0 Å². The summed E-state index contributed by atoms with van der Waals surface area (Å²) >= 11 is 0. The predicted molar refractivity (Wildman–Crippen MR) is 64.2 cm³/mol. The van der Waals surface area contributed by atoms with Gasteiger partial charge >= 0.3 is 0 Å². The lowest BCUT2D eigenvalue weighted by Crippen LogP contribution is -2.37. The molecule has 2 nitrogen and oxygen atoms in total. The summed E-state index contributed by atoms with van der Waals surface area (Å²) in [5, 5.41) is 9.95. The van der Waals surface area contributed by atoms with E-state index < -0.39 is 0 Å². The van der Waals surface area contributed by atoms with E-state index in [0.717, 1.165) is 26.1 Å². The molecule has 1 heterocycles. The minimum absolute atomic E-state index is 0.0923. The van der Waals surface area contributed by atoms with E-state index in [2.05, 4.69) is 29.2 Å². The average Bonchev–Trinajstić information content (AvgIpc) is 3.12. The first-order chi connectivity index (χ1) is 7.83. The van der Waals surface area contributed by atoms with Gasteiger partial charge in [0, 0.05) is 19.6 Å². The number of rotatable bonds is 3. The highest BCUT2D eigenvalue weighted by atomic mass is 16.3. The summed E-state index contributed by atoms with van der Waals surface area (Å²) in [6, 6.07) is 8.67. The van der Waals surface area contributed by atoms with E-state index in [1.165, 1.54) is 24.0 Å². The first-order valence-corrected chi connectivity index (χ1v) is 6.30. The maximum absolute atomic E-state index is 9.95. The summed E-state index contributed by atoms with van der Waals surface area (Å²) in [7, 11) is 0. The topological polar surface area (TPSA) is 23.5 Å². The Hall–Kier alpha value is -0.860. The summed E-state index contributed by atoms with van der Waals surface area (Å²) in [5.41, 5.74) is 2.93. The zero-order valence-corrected chi connectivity index (χ0v) is 9.60. The van der Waals surface area contributed by atoms with Gasteiger partial charge in [0.1, 0.15) is 0 Å². The Kier molecular flexibility index (Phi) is 2.70. The fourth-order valence-electron chi connectivity index (χ4n) is 2.60. The molecule has 1 aromatic rings. The van der Waals surface area contributed by atoms with Crippen molar-refractivity contribution in [3.63, 3.8) is 0 Å². The molecule has 0 amide bonds. The molecule has 1 aliphatic carbocycles. The molecule has 0 saturated heterocycles. The van der Waals surface area contributed by atoms with E-state index in [4.69, 9.17) is 0 Å². The van der Waals surface area contributed by atoms with Gasteiger partial charge in [-0.3, -0.25) is 4.90 Å². The number of benzene rings is 1. The maximum atomic E-state index is 9.95. The molecule has 0 spiro atoms. The standard InChI is InChI=1S/C14H19NO/c16-14(12-5-6-12)10-15-8-7-11-3-1-2-4-13(11)9-15/h1-4,12,14,16H,5-10H2. The molecule has 16 heavy (non-hydrogen) atoms. The highest BCUT2D eigenvalue weighted by molar-refractivity contribution is 5.29. The Bertz CT molecular complexity index is 373. The molecule has 1 unspecified atom stereocenters. The summed E-state index contributed by atoms with van der Waals surface area (Å²) in [5.74, 6) is 0.595. The van der Waals surface area contributed by atoms with Crippen molar-refractivity contribution in [1.29, 1.82) is 0 Å². The Balaban J connectivity index is 1.63. The molecule has 0 aromatic heterocycles. The second-order valence-corrected chi connectivity index (χ2v) is 5.16. The lowest BCUT2D eigenvalue weighted by Gasteiger charge is -2.30. The van der Waals surface area contributed by atoms with Crippen molar-refractivity contribution in [3.05, 3.63) is 35.4 Å². The van der Waals surface area contributed by atoms with Crippen molar-refractivity contribution in [2.24, 2.45) is 5.92 Å². The smallest absolute Gasteiger partial charge is 0.0695 e. The molecule has 2 heteroatoms. The van der Waals surface area contributed by atoms with E-state index in [-0.39, 0.29) is 6.10 Å². The Morgan fingerprint density at radius 1 is 1.25 bits per heavy atom. The van der Waals surface area contributed by atoms with Crippen molar-refractivity contribution < 1.29 is 5.11 Å². The number of aliphatic hydroxyl groups excluding tert-OH is 1. The van der Waals surface area contributed by atoms with E-state index in [9.17, 15) is 5.11 Å². The molecule has 1 aromatic carbocycles. The van der Waals surface area contributed by atoms with Crippen molar-refractivity contribution in [1.82, 2.24) is 4.90 Å². The number of hydrogen-bond acceptors (Lipinski definition) is 2. The largest absolute Gasteiger partial charge is 0.392 e. The van der Waals surface area contributed by atoms with Gasteiger partial charge in [-0.2, -0.15) is 0 Å². The van der Waals surface area contributed by atoms with Crippen LogP contribution < -0.4 is 0 Å². The highest BCUT2D eigenvalue weighted by Gasteiger charge is 2.31. The molecule has 2 aliphatic rings. The van der Waals surface area contributed by atoms with Gasteiger partial charge in [0.25, 0.3) is 0 Å². The van der Waals surface area contributed by atoms with Crippen molar-refractivity contribution in [3.8, 4) is 0 Å². The lowest BCUT2D eigenvalue weighted by atomic mass is 9.99. The number of nitrogens with zero attached hydrogens (tertiary/aromatic N) is 1. The van der Waals surface area contributed by atoms with E-state index in [1.54, 1.807) is 0 Å². The van der Waals surface area contributed by atoms with Crippen molar-refractivity contribution in [2.75, 3.05) is 13.1 Å². The van der Waals surface area contributed by atoms with Gasteiger partial charge < -0.3 is 5.11 Å². The second-order valence-electron chi connectivity index (χ2n) is 5.16. The van der Waals surface area contributed by atoms with Gasteiger partial charge in [-0.1, -0.05) is 24.3 Å². The fraction of sp³-hybridized carbons (Fsp3) is 0.571. The van der Waals surface area contributed by atoms with Gasteiger partial charge in [0.15, 0.2) is 0 Å². The number of β-amino-alcohol motifs (C(OH)–C–C–N with tert-alkyl or cyclic N) is 1. The predicted octanol–water partition coefficient (Wildman–Crippen LogP) is 1.82. The summed E-state index contributed by atoms with van der Waals surface area (Å²) in [4.78, 5) is 2.39. The van der Waals surface area contributed by atoms with Crippen molar-refractivity contribution >= 4 is 0 Å². The molecule has 86 valence electrons. The van der Waals surface area contributed by atoms with Crippen LogP contribution in [-0.4, -0.2) is 29.2 Å². The van der Waals surface area contributed by atoms with Crippen LogP contribution in [0, 0.1) is 5.92 Å². The normalized spacial score (nSPS) is 22.8. The minimum Gasteiger partial charge on any atom is -0.392 e. The van der Waals surface area contributed by atoms with E-state index >= 15 is 0 Å². The van der Waals surface area contributed by atoms with Crippen LogP contribution in [0.1, 0.15) is 24.0 Å². The molecular weight excluding hydrogens is 198 g/mol. The molecule has 1 aliphatic heterocycles. The molecule has 1 N–H and O–H groups in total. The van der Waals surface area contributed by atoms with Gasteiger partial charge in [-0.15, -0.1) is 0 Å². The molecule has 1 saturated carbocycles. The Labute approximate surface area is 96.9 Å². The highest BCUT2D eigenvalue weighted by Crippen LogP contribution is 2.33. The molecule has 3 rings (SSSR count). The number of aliphatic hydroxyl groups is 1. The Morgan fingerprint density at radius 3 is 2.75 bits per heavy atom. The lowest BCUT2D eigenvalue weighted by molar-refractivity contribution is 0.0889. The summed E-state index contributed by atoms with van der Waals surface area (Å²) in [6.45, 7) is 2.97. The molecular formula is C14H19NO. The zero-order chi connectivity index (χ0) is 11.0. The minimum atomic E-state index is -0.0923. The molecule has 0 bridgehead atoms. The zero-order valence-electron chi connectivity index (χ0n) is 9.60. The van der Waals surface area contributed by atoms with E-state index in [0.29, 0.717) is 5.92 Å². The number of hydrogen-bond donors (Lipinski definition) is 1. The molecule has 0 radical (unpaired) electrons. The van der Waals surface area contributed by atoms with Crippen LogP contribution in [-0.2, 0) is 13.0 Å². The summed E-state index contributed by atoms with van der Waals surface area (Å²) < 4.78 is 0. The van der Waals surface area contributed by atoms with E-state index in [1.807, 2.05) is 0 Å². The number of fused-ring (bicyclic) bond motifs is 1. The van der Waals surface area contributed by atoms with Gasteiger partial charge in [0.05, 0.1) is 6.10 Å². The first-order valence-electron chi connectivity index (χ1n) is 6.30. The van der Waals surface area contributed by atoms with Crippen LogP contribution in [0.2, 0.25) is 0 Å². The van der Waals surface area contributed by atoms with Crippen LogP contribution >= 0.6 is 0 Å². The third-order valence-electron chi connectivity index (χ3n) is 3.82. The third kappa shape index (κ3) is 2.13. The maximum Gasteiger partial charge on any atom is 0.0695 e. The second kappa shape index (κ2) is 4.19. The van der Waals surface area contributed by atoms with Crippen molar-refractivity contribution in [2.45, 2.75) is 31.9 Å². The third-order valence-corrected chi connectivity index (χ3v) is 3.82.